The van der Waals surface area contributed by atoms with Gasteiger partial charge in [-0.1, -0.05) is 35.3 Å². The third kappa shape index (κ3) is 3.17. The Morgan fingerprint density at radius 1 is 1.21 bits per heavy atom. The fourth-order valence-corrected chi connectivity index (χ4v) is 1.98. The molecule has 2 aromatic carbocycles. The van der Waals surface area contributed by atoms with Crippen LogP contribution in [0.2, 0.25) is 10.0 Å². The maximum Gasteiger partial charge on any atom is 0.142 e. The molecule has 0 saturated carbocycles. The summed E-state index contributed by atoms with van der Waals surface area (Å²) in [6.07, 6.45) is 0. The first-order chi connectivity index (χ1) is 9.11. The highest BCUT2D eigenvalue weighted by atomic mass is 35.5. The van der Waals surface area contributed by atoms with Crippen molar-refractivity contribution >= 4 is 28.9 Å². The summed E-state index contributed by atoms with van der Waals surface area (Å²) in [6, 6.07) is 11.5. The van der Waals surface area contributed by atoms with Crippen molar-refractivity contribution in [3.05, 3.63) is 63.4 Å². The minimum Gasteiger partial charge on any atom is -0.380 e. The van der Waals surface area contributed by atoms with Crippen LogP contribution in [-0.2, 0) is 6.54 Å². The van der Waals surface area contributed by atoms with Crippen LogP contribution < -0.4 is 5.32 Å². The molecule has 0 aliphatic rings. The number of halogens is 3. The first kappa shape index (κ1) is 13.7. The second-order valence-electron chi connectivity index (χ2n) is 3.87. The summed E-state index contributed by atoms with van der Waals surface area (Å²) < 4.78 is 13.3. The quantitative estimate of drug-likeness (QED) is 0.897. The molecule has 19 heavy (non-hydrogen) atoms. The zero-order chi connectivity index (χ0) is 13.8. The fraction of sp³-hybridized carbons (Fsp3) is 0.0714. The van der Waals surface area contributed by atoms with Crippen molar-refractivity contribution in [2.45, 2.75) is 6.54 Å². The SMILES string of the molecule is N#Cc1ccc(Cl)c(NCc2cccc(F)c2Cl)c1. The van der Waals surface area contributed by atoms with Crippen molar-refractivity contribution in [2.24, 2.45) is 0 Å². The number of nitrogens with zero attached hydrogens (tertiary/aromatic N) is 1. The average Bonchev–Trinajstić information content (AvgIpc) is 2.42. The molecular formula is C14H9Cl2FN2. The number of hydrogen-bond acceptors (Lipinski definition) is 2. The molecule has 0 heterocycles. The molecule has 0 aliphatic carbocycles. The molecule has 0 unspecified atom stereocenters. The Morgan fingerprint density at radius 2 is 2.00 bits per heavy atom. The van der Waals surface area contributed by atoms with Crippen LogP contribution in [-0.4, -0.2) is 0 Å². The van der Waals surface area contributed by atoms with E-state index in [9.17, 15) is 4.39 Å². The molecule has 0 bridgehead atoms. The van der Waals surface area contributed by atoms with E-state index in [-0.39, 0.29) is 5.02 Å². The van der Waals surface area contributed by atoms with E-state index >= 15 is 0 Å². The van der Waals surface area contributed by atoms with E-state index in [0.717, 1.165) is 0 Å². The Labute approximate surface area is 120 Å². The van der Waals surface area contributed by atoms with E-state index in [2.05, 4.69) is 5.32 Å². The van der Waals surface area contributed by atoms with Gasteiger partial charge in [0.15, 0.2) is 0 Å². The van der Waals surface area contributed by atoms with Crippen LogP contribution in [0, 0.1) is 17.1 Å². The van der Waals surface area contributed by atoms with Gasteiger partial charge in [0, 0.05) is 6.54 Å². The van der Waals surface area contributed by atoms with Crippen molar-refractivity contribution in [3.8, 4) is 6.07 Å². The Hall–Kier alpha value is -1.76. The summed E-state index contributed by atoms with van der Waals surface area (Å²) in [5.41, 5.74) is 1.73. The maximum absolute atomic E-state index is 13.3. The molecule has 0 amide bonds. The monoisotopic (exact) mass is 294 g/mol. The van der Waals surface area contributed by atoms with E-state index in [1.54, 1.807) is 30.3 Å². The van der Waals surface area contributed by atoms with Gasteiger partial charge in [-0.3, -0.25) is 0 Å². The van der Waals surface area contributed by atoms with Gasteiger partial charge in [0.2, 0.25) is 0 Å². The Balaban J connectivity index is 2.19. The molecule has 0 saturated heterocycles. The molecule has 2 rings (SSSR count). The molecule has 2 nitrogen and oxygen atoms in total. The van der Waals surface area contributed by atoms with E-state index in [0.29, 0.717) is 28.4 Å². The number of rotatable bonds is 3. The van der Waals surface area contributed by atoms with Gasteiger partial charge in [-0.05, 0) is 29.8 Å². The summed E-state index contributed by atoms with van der Waals surface area (Å²) in [4.78, 5) is 0. The second-order valence-corrected chi connectivity index (χ2v) is 4.66. The first-order valence-electron chi connectivity index (χ1n) is 5.48. The van der Waals surface area contributed by atoms with Crippen LogP contribution in [0.15, 0.2) is 36.4 Å². The smallest absolute Gasteiger partial charge is 0.142 e. The molecule has 0 spiro atoms. The number of hydrogen-bond donors (Lipinski definition) is 1. The fourth-order valence-electron chi connectivity index (χ4n) is 1.61. The lowest BCUT2D eigenvalue weighted by Gasteiger charge is -2.10. The first-order valence-corrected chi connectivity index (χ1v) is 6.24. The van der Waals surface area contributed by atoms with Crippen LogP contribution in [0.3, 0.4) is 0 Å². The summed E-state index contributed by atoms with van der Waals surface area (Å²) in [7, 11) is 0. The maximum atomic E-state index is 13.3. The van der Waals surface area contributed by atoms with Crippen LogP contribution >= 0.6 is 23.2 Å². The normalized spacial score (nSPS) is 10.0. The van der Waals surface area contributed by atoms with Crippen LogP contribution in [0.1, 0.15) is 11.1 Å². The van der Waals surface area contributed by atoms with Gasteiger partial charge in [-0.15, -0.1) is 0 Å². The van der Waals surface area contributed by atoms with Gasteiger partial charge in [0.1, 0.15) is 5.82 Å². The topological polar surface area (TPSA) is 35.8 Å². The van der Waals surface area contributed by atoms with Gasteiger partial charge < -0.3 is 5.32 Å². The highest BCUT2D eigenvalue weighted by molar-refractivity contribution is 6.33. The molecular weight excluding hydrogens is 286 g/mol. The zero-order valence-electron chi connectivity index (χ0n) is 9.75. The lowest BCUT2D eigenvalue weighted by molar-refractivity contribution is 0.626. The molecule has 0 fully saturated rings. The minimum atomic E-state index is -0.460. The molecule has 0 aliphatic heterocycles. The average molecular weight is 295 g/mol. The molecule has 2 aromatic rings. The highest BCUT2D eigenvalue weighted by Crippen LogP contribution is 2.25. The van der Waals surface area contributed by atoms with Crippen LogP contribution in [0.4, 0.5) is 10.1 Å². The summed E-state index contributed by atoms with van der Waals surface area (Å²) in [6.45, 7) is 0.325. The van der Waals surface area contributed by atoms with Gasteiger partial charge in [0.05, 0.1) is 27.4 Å². The summed E-state index contributed by atoms with van der Waals surface area (Å²) >= 11 is 11.9. The van der Waals surface area contributed by atoms with E-state index in [4.69, 9.17) is 28.5 Å². The molecule has 0 aromatic heterocycles. The Kier molecular flexibility index (Phi) is 4.26. The van der Waals surface area contributed by atoms with E-state index in [1.165, 1.54) is 6.07 Å². The van der Waals surface area contributed by atoms with Crippen molar-refractivity contribution < 1.29 is 4.39 Å². The molecule has 0 atom stereocenters. The molecule has 0 radical (unpaired) electrons. The lowest BCUT2D eigenvalue weighted by Crippen LogP contribution is -2.01. The third-order valence-electron chi connectivity index (χ3n) is 2.60. The van der Waals surface area contributed by atoms with Crippen molar-refractivity contribution in [3.63, 3.8) is 0 Å². The van der Waals surface area contributed by atoms with Crippen LogP contribution in [0.5, 0.6) is 0 Å². The Morgan fingerprint density at radius 3 is 2.74 bits per heavy atom. The van der Waals surface area contributed by atoms with Gasteiger partial charge in [0.25, 0.3) is 0 Å². The largest absolute Gasteiger partial charge is 0.380 e. The standard InChI is InChI=1S/C14H9Cl2FN2/c15-11-5-4-9(7-18)6-13(11)19-8-10-2-1-3-12(17)14(10)16/h1-6,19H,8H2. The molecule has 1 N–H and O–H groups in total. The summed E-state index contributed by atoms with van der Waals surface area (Å²) in [5.74, 6) is -0.460. The predicted molar refractivity (Wildman–Crippen MR) is 74.9 cm³/mol. The minimum absolute atomic E-state index is 0.0857. The lowest BCUT2D eigenvalue weighted by atomic mass is 10.2. The van der Waals surface area contributed by atoms with Gasteiger partial charge in [-0.25, -0.2) is 4.39 Å². The number of nitriles is 1. The molecule has 5 heteroatoms. The Bertz CT molecular complexity index is 650. The third-order valence-corrected chi connectivity index (χ3v) is 3.35. The van der Waals surface area contributed by atoms with Gasteiger partial charge >= 0.3 is 0 Å². The van der Waals surface area contributed by atoms with Crippen molar-refractivity contribution in [1.29, 1.82) is 5.26 Å². The number of benzene rings is 2. The predicted octanol–water partition coefficient (Wildman–Crippen LogP) is 4.62. The molecule has 96 valence electrons. The zero-order valence-corrected chi connectivity index (χ0v) is 11.3. The van der Waals surface area contributed by atoms with Crippen molar-refractivity contribution in [2.75, 3.05) is 5.32 Å². The van der Waals surface area contributed by atoms with Crippen LogP contribution in [0.25, 0.3) is 0 Å². The number of nitrogens with one attached hydrogen (secondary N) is 1. The second kappa shape index (κ2) is 5.92. The van der Waals surface area contributed by atoms with E-state index < -0.39 is 5.82 Å². The summed E-state index contributed by atoms with van der Waals surface area (Å²) in [5, 5.41) is 12.4. The van der Waals surface area contributed by atoms with Crippen molar-refractivity contribution in [1.82, 2.24) is 0 Å². The van der Waals surface area contributed by atoms with E-state index in [1.807, 2.05) is 6.07 Å². The number of anilines is 1. The van der Waals surface area contributed by atoms with Gasteiger partial charge in [-0.2, -0.15) is 5.26 Å². The highest BCUT2D eigenvalue weighted by Gasteiger charge is 2.07.